The SMILES string of the molecule is CC(C)(C)CCN1C(=O)[C@H](CC(=O)N2CCC(N3CCc4ccccc4NC3=O)CC2)SC1c1cccc(F)c1C1CCN(C2CCC2)CC1. The lowest BCUT2D eigenvalue weighted by molar-refractivity contribution is -0.137. The van der Waals surface area contributed by atoms with Crippen LogP contribution >= 0.6 is 11.8 Å². The third kappa shape index (κ3) is 7.57. The first-order valence-electron chi connectivity index (χ1n) is 19.0. The lowest BCUT2D eigenvalue weighted by Crippen LogP contribution is -2.50. The second-order valence-electron chi connectivity index (χ2n) is 16.3. The van der Waals surface area contributed by atoms with E-state index in [0.717, 1.165) is 61.2 Å². The van der Waals surface area contributed by atoms with Crippen LogP contribution in [-0.4, -0.2) is 94.0 Å². The van der Waals surface area contributed by atoms with Gasteiger partial charge in [-0.15, -0.1) is 11.8 Å². The number of amides is 4. The van der Waals surface area contributed by atoms with Gasteiger partial charge in [0.05, 0.1) is 5.25 Å². The third-order valence-electron chi connectivity index (χ3n) is 11.9. The summed E-state index contributed by atoms with van der Waals surface area (Å²) in [4.78, 5) is 49.4. The number of thioether (sulfide) groups is 1. The maximum Gasteiger partial charge on any atom is 0.322 e. The zero-order valence-corrected chi connectivity index (χ0v) is 30.9. The molecule has 4 fully saturated rings. The Hall–Kier alpha value is -3.11. The van der Waals surface area contributed by atoms with E-state index in [4.69, 9.17) is 0 Å². The number of hydrogen-bond donors (Lipinski definition) is 1. The number of halogens is 1. The number of carbonyl (C=O) groups is 3. The summed E-state index contributed by atoms with van der Waals surface area (Å²) in [7, 11) is 0. The van der Waals surface area contributed by atoms with Crippen LogP contribution in [0.5, 0.6) is 0 Å². The second-order valence-corrected chi connectivity index (χ2v) is 17.6. The van der Waals surface area contributed by atoms with Crippen molar-refractivity contribution in [2.75, 3.05) is 44.6 Å². The van der Waals surface area contributed by atoms with Gasteiger partial charge in [0.2, 0.25) is 11.8 Å². The molecular formula is C40H54FN5O3S. The molecule has 2 aromatic carbocycles. The summed E-state index contributed by atoms with van der Waals surface area (Å²) >= 11 is 1.54. The Kier molecular flexibility index (Phi) is 10.5. The van der Waals surface area contributed by atoms with Gasteiger partial charge < -0.3 is 24.9 Å². The Morgan fingerprint density at radius 2 is 1.64 bits per heavy atom. The number of nitrogens with one attached hydrogen (secondary N) is 1. The largest absolute Gasteiger partial charge is 0.342 e. The Bertz CT molecular complexity index is 1560. The molecule has 1 saturated carbocycles. The average molecular weight is 704 g/mol. The molecule has 2 atom stereocenters. The van der Waals surface area contributed by atoms with Crippen molar-refractivity contribution in [3.05, 3.63) is 65.0 Å². The van der Waals surface area contributed by atoms with Crippen molar-refractivity contribution in [3.8, 4) is 0 Å². The van der Waals surface area contributed by atoms with Crippen LogP contribution in [0.4, 0.5) is 14.9 Å². The molecule has 1 aliphatic carbocycles. The summed E-state index contributed by atoms with van der Waals surface area (Å²) < 4.78 is 15.8. The number of likely N-dealkylation sites (tertiary alicyclic amines) is 2. The minimum Gasteiger partial charge on any atom is -0.342 e. The predicted molar refractivity (Wildman–Crippen MR) is 198 cm³/mol. The molecule has 7 rings (SSSR count). The fourth-order valence-electron chi connectivity index (χ4n) is 8.61. The molecule has 270 valence electrons. The number of hydrogen-bond acceptors (Lipinski definition) is 5. The quantitative estimate of drug-likeness (QED) is 0.310. The summed E-state index contributed by atoms with van der Waals surface area (Å²) in [5.41, 5.74) is 3.74. The highest BCUT2D eigenvalue weighted by Crippen LogP contribution is 2.49. The number of piperidine rings is 2. The normalized spacial score (nSPS) is 24.6. The molecule has 0 bridgehead atoms. The van der Waals surface area contributed by atoms with E-state index in [1.54, 1.807) is 12.1 Å². The van der Waals surface area contributed by atoms with Crippen LogP contribution in [-0.2, 0) is 16.0 Å². The summed E-state index contributed by atoms with van der Waals surface area (Å²) in [6.07, 6.45) is 8.93. The Morgan fingerprint density at radius 3 is 2.34 bits per heavy atom. The van der Waals surface area contributed by atoms with Gasteiger partial charge in [0.25, 0.3) is 0 Å². The maximum atomic E-state index is 15.8. The van der Waals surface area contributed by atoms with Gasteiger partial charge in [-0.2, -0.15) is 0 Å². The van der Waals surface area contributed by atoms with Crippen LogP contribution in [0, 0.1) is 11.2 Å². The molecule has 50 heavy (non-hydrogen) atoms. The van der Waals surface area contributed by atoms with E-state index in [1.165, 1.54) is 31.0 Å². The topological polar surface area (TPSA) is 76.2 Å². The molecular weight excluding hydrogens is 650 g/mol. The van der Waals surface area contributed by atoms with E-state index in [-0.39, 0.29) is 52.8 Å². The van der Waals surface area contributed by atoms with Crippen molar-refractivity contribution in [2.45, 2.75) is 114 Å². The molecule has 0 spiro atoms. The number of fused-ring (bicyclic) bond motifs is 1. The van der Waals surface area contributed by atoms with Gasteiger partial charge in [0.1, 0.15) is 11.2 Å². The van der Waals surface area contributed by atoms with E-state index < -0.39 is 5.25 Å². The minimum absolute atomic E-state index is 0.0108. The van der Waals surface area contributed by atoms with E-state index in [0.29, 0.717) is 45.1 Å². The highest BCUT2D eigenvalue weighted by molar-refractivity contribution is 8.01. The van der Waals surface area contributed by atoms with Crippen LogP contribution in [0.1, 0.15) is 107 Å². The molecule has 3 saturated heterocycles. The van der Waals surface area contributed by atoms with Crippen LogP contribution in [0.2, 0.25) is 0 Å². The zero-order valence-electron chi connectivity index (χ0n) is 30.0. The Morgan fingerprint density at radius 1 is 0.900 bits per heavy atom. The second kappa shape index (κ2) is 14.9. The number of para-hydroxylation sites is 1. The number of nitrogens with zero attached hydrogens (tertiary/aromatic N) is 4. The molecule has 4 amide bonds. The van der Waals surface area contributed by atoms with Crippen molar-refractivity contribution < 1.29 is 18.8 Å². The summed E-state index contributed by atoms with van der Waals surface area (Å²) in [6, 6.07) is 14.0. The lowest BCUT2D eigenvalue weighted by Gasteiger charge is -2.42. The van der Waals surface area contributed by atoms with Crippen LogP contribution in [0.25, 0.3) is 0 Å². The van der Waals surface area contributed by atoms with Crippen LogP contribution in [0.3, 0.4) is 0 Å². The van der Waals surface area contributed by atoms with Gasteiger partial charge in [-0.25, -0.2) is 9.18 Å². The van der Waals surface area contributed by atoms with Crippen molar-refractivity contribution in [3.63, 3.8) is 0 Å². The smallest absolute Gasteiger partial charge is 0.322 e. The molecule has 0 radical (unpaired) electrons. The molecule has 10 heteroatoms. The first-order valence-corrected chi connectivity index (χ1v) is 19.9. The first kappa shape index (κ1) is 35.3. The number of benzene rings is 2. The lowest BCUT2D eigenvalue weighted by atomic mass is 9.83. The third-order valence-corrected chi connectivity index (χ3v) is 13.3. The summed E-state index contributed by atoms with van der Waals surface area (Å²) in [6.45, 7) is 10.9. The maximum absolute atomic E-state index is 15.8. The van der Waals surface area contributed by atoms with Crippen molar-refractivity contribution in [2.24, 2.45) is 5.41 Å². The zero-order chi connectivity index (χ0) is 35.0. The Balaban J connectivity index is 1.02. The van der Waals surface area contributed by atoms with Crippen molar-refractivity contribution >= 4 is 35.3 Å². The van der Waals surface area contributed by atoms with E-state index in [1.807, 2.05) is 39.0 Å². The minimum atomic E-state index is -0.503. The number of carbonyl (C=O) groups excluding carboxylic acids is 3. The van der Waals surface area contributed by atoms with E-state index in [9.17, 15) is 14.4 Å². The standard InChI is InChI=1S/C40H54FN5O3S/c1-40(2,3)19-25-46-37(48)34(50-38(46)31-11-7-12-32(41)36(31)28-14-20-43(21-15-28)29-9-6-10-29)26-35(47)44-22-17-30(18-23-44)45-24-16-27-8-4-5-13-33(27)42-39(45)49/h4-5,7-8,11-13,28-30,34,38H,6,9-10,14-26H2,1-3H3,(H,42,49)/t34-,38?/m0/s1. The molecule has 1 unspecified atom stereocenters. The van der Waals surface area contributed by atoms with Gasteiger partial charge >= 0.3 is 6.03 Å². The van der Waals surface area contributed by atoms with Crippen LogP contribution < -0.4 is 5.32 Å². The van der Waals surface area contributed by atoms with Gasteiger partial charge in [0.15, 0.2) is 0 Å². The van der Waals surface area contributed by atoms with Crippen molar-refractivity contribution in [1.82, 2.24) is 19.6 Å². The fraction of sp³-hybridized carbons (Fsp3) is 0.625. The predicted octanol–water partition coefficient (Wildman–Crippen LogP) is 7.41. The molecule has 4 aliphatic heterocycles. The highest BCUT2D eigenvalue weighted by Gasteiger charge is 2.45. The Labute approximate surface area is 301 Å². The molecule has 0 aromatic heterocycles. The van der Waals surface area contributed by atoms with Gasteiger partial charge in [-0.1, -0.05) is 57.5 Å². The summed E-state index contributed by atoms with van der Waals surface area (Å²) in [5.74, 6) is -0.0625. The van der Waals surface area contributed by atoms with Crippen LogP contribution in [0.15, 0.2) is 42.5 Å². The summed E-state index contributed by atoms with van der Waals surface area (Å²) in [5, 5.41) is 2.26. The highest BCUT2D eigenvalue weighted by atomic mass is 32.2. The first-order chi connectivity index (χ1) is 24.1. The van der Waals surface area contributed by atoms with Gasteiger partial charge in [-0.3, -0.25) is 9.59 Å². The molecule has 1 N–H and O–H groups in total. The average Bonchev–Trinajstić information content (AvgIpc) is 3.26. The van der Waals surface area contributed by atoms with Gasteiger partial charge in [0, 0.05) is 50.4 Å². The molecule has 4 heterocycles. The molecule has 2 aromatic rings. The van der Waals surface area contributed by atoms with E-state index >= 15 is 4.39 Å². The van der Waals surface area contributed by atoms with E-state index in [2.05, 4.69) is 37.1 Å². The number of anilines is 1. The molecule has 5 aliphatic rings. The number of urea groups is 1. The fourth-order valence-corrected chi connectivity index (χ4v) is 10.1. The van der Waals surface area contributed by atoms with Gasteiger partial charge in [-0.05, 0) is 105 Å². The number of rotatable bonds is 8. The molecule has 8 nitrogen and oxygen atoms in total. The van der Waals surface area contributed by atoms with Crippen molar-refractivity contribution in [1.29, 1.82) is 0 Å². The monoisotopic (exact) mass is 703 g/mol.